The van der Waals surface area contributed by atoms with E-state index in [2.05, 4.69) is 24.4 Å². The normalized spacial score (nSPS) is 27.3. The molecule has 1 saturated carbocycles. The van der Waals surface area contributed by atoms with Crippen molar-refractivity contribution in [2.45, 2.75) is 44.4 Å². The van der Waals surface area contributed by atoms with Crippen molar-refractivity contribution in [2.75, 3.05) is 13.2 Å². The molecule has 0 spiro atoms. The van der Waals surface area contributed by atoms with Gasteiger partial charge >= 0.3 is 0 Å². The van der Waals surface area contributed by atoms with Crippen molar-refractivity contribution in [2.24, 2.45) is 0 Å². The molecular weight excluding hydrogens is 242 g/mol. The van der Waals surface area contributed by atoms with Crippen LogP contribution in [0.15, 0.2) is 18.2 Å². The lowest BCUT2D eigenvalue weighted by Crippen LogP contribution is -2.45. The van der Waals surface area contributed by atoms with Crippen LogP contribution in [0.5, 0.6) is 11.5 Å². The molecule has 0 bridgehead atoms. The minimum absolute atomic E-state index is 0.117. The third-order valence-corrected chi connectivity index (χ3v) is 3.87. The molecule has 4 heteroatoms. The van der Waals surface area contributed by atoms with Crippen molar-refractivity contribution >= 4 is 0 Å². The Bertz CT molecular complexity index is 443. The first-order valence-corrected chi connectivity index (χ1v) is 7.06. The molecule has 0 saturated heterocycles. The summed E-state index contributed by atoms with van der Waals surface area (Å²) in [6.07, 6.45) is 2.52. The van der Waals surface area contributed by atoms with Crippen molar-refractivity contribution in [3.05, 3.63) is 23.8 Å². The number of rotatable bonds is 3. The number of aliphatic hydroxyl groups excluding tert-OH is 1. The maximum Gasteiger partial charge on any atom is 0.161 e. The zero-order chi connectivity index (χ0) is 13.2. The van der Waals surface area contributed by atoms with Crippen molar-refractivity contribution in [1.82, 2.24) is 5.32 Å². The van der Waals surface area contributed by atoms with Crippen LogP contribution in [0.4, 0.5) is 0 Å². The van der Waals surface area contributed by atoms with Gasteiger partial charge in [-0.3, -0.25) is 0 Å². The number of fused-ring (bicyclic) bond motifs is 1. The highest BCUT2D eigenvalue weighted by atomic mass is 16.5. The molecule has 2 aliphatic rings. The van der Waals surface area contributed by atoms with Crippen LogP contribution in [0.3, 0.4) is 0 Å². The topological polar surface area (TPSA) is 50.7 Å². The molecule has 104 valence electrons. The first-order valence-electron chi connectivity index (χ1n) is 7.06. The van der Waals surface area contributed by atoms with Gasteiger partial charge in [0.05, 0.1) is 19.3 Å². The Kier molecular flexibility index (Phi) is 3.62. The number of aliphatic hydroxyl groups is 1. The van der Waals surface area contributed by atoms with Crippen LogP contribution in [0.2, 0.25) is 0 Å². The quantitative estimate of drug-likeness (QED) is 0.876. The Morgan fingerprint density at radius 2 is 1.95 bits per heavy atom. The summed E-state index contributed by atoms with van der Waals surface area (Å²) in [6.45, 7) is 3.58. The fraction of sp³-hybridized carbons (Fsp3) is 0.600. The molecule has 1 unspecified atom stereocenters. The van der Waals surface area contributed by atoms with Crippen molar-refractivity contribution in [1.29, 1.82) is 0 Å². The van der Waals surface area contributed by atoms with E-state index >= 15 is 0 Å². The Hall–Kier alpha value is -1.26. The minimum atomic E-state index is -0.117. The standard InChI is InChI=1S/C15H21NO3/c1-10(16-12-8-13(17)9-12)11-3-4-14-15(7-11)19-6-2-5-18-14/h3-4,7,10,12-13,16-17H,2,5-6,8-9H2,1H3. The van der Waals surface area contributed by atoms with E-state index in [0.29, 0.717) is 12.6 Å². The Morgan fingerprint density at radius 1 is 1.21 bits per heavy atom. The van der Waals surface area contributed by atoms with E-state index in [1.807, 2.05) is 6.07 Å². The van der Waals surface area contributed by atoms with Gasteiger partial charge in [0.1, 0.15) is 0 Å². The molecule has 0 aromatic heterocycles. The first-order chi connectivity index (χ1) is 9.22. The molecule has 0 amide bonds. The number of hydrogen-bond acceptors (Lipinski definition) is 4. The number of hydrogen-bond donors (Lipinski definition) is 2. The fourth-order valence-corrected chi connectivity index (χ4v) is 2.62. The molecule has 1 aromatic carbocycles. The van der Waals surface area contributed by atoms with Crippen LogP contribution in [0.25, 0.3) is 0 Å². The molecular formula is C15H21NO3. The largest absolute Gasteiger partial charge is 0.490 e. The van der Waals surface area contributed by atoms with E-state index in [0.717, 1.165) is 37.4 Å². The van der Waals surface area contributed by atoms with Gasteiger partial charge in [0.25, 0.3) is 0 Å². The van der Waals surface area contributed by atoms with Gasteiger partial charge in [-0.25, -0.2) is 0 Å². The molecule has 4 nitrogen and oxygen atoms in total. The molecule has 1 atom stereocenters. The van der Waals surface area contributed by atoms with Crippen molar-refractivity contribution < 1.29 is 14.6 Å². The lowest BCUT2D eigenvalue weighted by Gasteiger charge is -2.34. The van der Waals surface area contributed by atoms with Gasteiger partial charge in [-0.05, 0) is 37.5 Å². The van der Waals surface area contributed by atoms with E-state index in [9.17, 15) is 5.11 Å². The summed E-state index contributed by atoms with van der Waals surface area (Å²) in [6, 6.07) is 6.83. The van der Waals surface area contributed by atoms with Gasteiger partial charge in [0.15, 0.2) is 11.5 Å². The highest BCUT2D eigenvalue weighted by Crippen LogP contribution is 2.33. The summed E-state index contributed by atoms with van der Waals surface area (Å²) in [5.74, 6) is 1.69. The third-order valence-electron chi connectivity index (χ3n) is 3.87. The van der Waals surface area contributed by atoms with Gasteiger partial charge in [-0.2, -0.15) is 0 Å². The van der Waals surface area contributed by atoms with Gasteiger partial charge in [0.2, 0.25) is 0 Å². The average Bonchev–Trinajstić information content (AvgIpc) is 2.61. The van der Waals surface area contributed by atoms with E-state index in [1.54, 1.807) is 0 Å². The molecule has 0 radical (unpaired) electrons. The van der Waals surface area contributed by atoms with Crippen LogP contribution >= 0.6 is 0 Å². The second-order valence-electron chi connectivity index (χ2n) is 5.47. The highest BCUT2D eigenvalue weighted by molar-refractivity contribution is 5.44. The summed E-state index contributed by atoms with van der Waals surface area (Å²) < 4.78 is 11.3. The zero-order valence-electron chi connectivity index (χ0n) is 11.3. The molecule has 3 rings (SSSR count). The van der Waals surface area contributed by atoms with E-state index in [1.165, 1.54) is 5.56 Å². The maximum atomic E-state index is 9.31. The van der Waals surface area contributed by atoms with Gasteiger partial charge in [-0.1, -0.05) is 6.07 Å². The molecule has 19 heavy (non-hydrogen) atoms. The predicted molar refractivity (Wildman–Crippen MR) is 72.6 cm³/mol. The third kappa shape index (κ3) is 2.85. The summed E-state index contributed by atoms with van der Waals surface area (Å²) in [4.78, 5) is 0. The van der Waals surface area contributed by atoms with E-state index in [-0.39, 0.29) is 12.1 Å². The predicted octanol–water partition coefficient (Wildman–Crippen LogP) is 2.02. The second-order valence-corrected chi connectivity index (χ2v) is 5.47. The molecule has 1 aliphatic heterocycles. The van der Waals surface area contributed by atoms with E-state index in [4.69, 9.17) is 9.47 Å². The lowest BCUT2D eigenvalue weighted by molar-refractivity contribution is 0.0585. The van der Waals surface area contributed by atoms with Crippen LogP contribution in [-0.2, 0) is 0 Å². The highest BCUT2D eigenvalue weighted by Gasteiger charge is 2.28. The maximum absolute atomic E-state index is 9.31. The molecule has 1 aliphatic carbocycles. The van der Waals surface area contributed by atoms with Crippen LogP contribution in [-0.4, -0.2) is 30.5 Å². The van der Waals surface area contributed by atoms with Gasteiger partial charge in [0, 0.05) is 18.5 Å². The summed E-state index contributed by atoms with van der Waals surface area (Å²) in [7, 11) is 0. The summed E-state index contributed by atoms with van der Waals surface area (Å²) >= 11 is 0. The number of nitrogens with one attached hydrogen (secondary N) is 1. The van der Waals surface area contributed by atoms with Crippen LogP contribution < -0.4 is 14.8 Å². The number of benzene rings is 1. The molecule has 1 fully saturated rings. The number of ether oxygens (including phenoxy) is 2. The SMILES string of the molecule is CC(NC1CC(O)C1)c1ccc2c(c1)OCCCO2. The van der Waals surface area contributed by atoms with Crippen molar-refractivity contribution in [3.63, 3.8) is 0 Å². The summed E-state index contributed by atoms with van der Waals surface area (Å²) in [5, 5.41) is 12.8. The van der Waals surface area contributed by atoms with Crippen LogP contribution in [0.1, 0.15) is 37.8 Å². The monoisotopic (exact) mass is 263 g/mol. The van der Waals surface area contributed by atoms with Crippen LogP contribution in [0, 0.1) is 0 Å². The summed E-state index contributed by atoms with van der Waals surface area (Å²) in [5.41, 5.74) is 1.20. The van der Waals surface area contributed by atoms with Gasteiger partial charge < -0.3 is 19.9 Å². The lowest BCUT2D eigenvalue weighted by atomic mass is 9.88. The Morgan fingerprint density at radius 3 is 2.68 bits per heavy atom. The van der Waals surface area contributed by atoms with Crippen molar-refractivity contribution in [3.8, 4) is 11.5 Å². The Labute approximate surface area is 113 Å². The first kappa shape index (κ1) is 12.8. The second kappa shape index (κ2) is 5.39. The zero-order valence-corrected chi connectivity index (χ0v) is 11.3. The van der Waals surface area contributed by atoms with Gasteiger partial charge in [-0.15, -0.1) is 0 Å². The Balaban J connectivity index is 1.68. The average molecular weight is 263 g/mol. The molecule has 1 aromatic rings. The smallest absolute Gasteiger partial charge is 0.161 e. The molecule has 1 heterocycles. The fourth-order valence-electron chi connectivity index (χ4n) is 2.62. The minimum Gasteiger partial charge on any atom is -0.490 e. The molecule has 2 N–H and O–H groups in total. The van der Waals surface area contributed by atoms with E-state index < -0.39 is 0 Å².